The van der Waals surface area contributed by atoms with Gasteiger partial charge < -0.3 is 0 Å². The Hall–Kier alpha value is -1.56. The van der Waals surface area contributed by atoms with Crippen molar-refractivity contribution in [3.63, 3.8) is 0 Å². The molecule has 4 aliphatic carbocycles. The molecular weight excluding hydrogens is 378 g/mol. The van der Waals surface area contributed by atoms with Crippen LogP contribution in [0.5, 0.6) is 0 Å². The first-order valence-corrected chi connectivity index (χ1v) is 13.0. The lowest BCUT2D eigenvalue weighted by Crippen LogP contribution is -2.49. The fraction of sp³-hybridized carbons (Fsp3) is 0.786. The molecule has 0 spiro atoms. The number of allylic oxidation sites excluding steroid dienone is 2. The smallest absolute Gasteiger partial charge is 0.102 e. The zero-order valence-corrected chi connectivity index (χ0v) is 20.1. The van der Waals surface area contributed by atoms with Crippen LogP contribution in [0, 0.1) is 57.7 Å². The molecule has 1 heterocycles. The summed E-state index contributed by atoms with van der Waals surface area (Å²) in [5.74, 6) is 4.99. The van der Waals surface area contributed by atoms with Crippen molar-refractivity contribution in [3.05, 3.63) is 29.6 Å². The van der Waals surface area contributed by atoms with Gasteiger partial charge in [-0.15, -0.1) is 0 Å². The van der Waals surface area contributed by atoms with Crippen molar-refractivity contribution in [2.24, 2.45) is 46.3 Å². The zero-order chi connectivity index (χ0) is 21.8. The molecule has 0 bridgehead atoms. The highest BCUT2D eigenvalue weighted by atomic mass is 15.3. The molecule has 3 nitrogen and oxygen atoms in total. The second kappa shape index (κ2) is 7.79. The van der Waals surface area contributed by atoms with Crippen molar-refractivity contribution in [3.8, 4) is 6.07 Å². The third kappa shape index (κ3) is 3.40. The summed E-state index contributed by atoms with van der Waals surface area (Å²) in [6.07, 6.45) is 18.9. The zero-order valence-electron chi connectivity index (χ0n) is 20.1. The molecule has 168 valence electrons. The summed E-state index contributed by atoms with van der Waals surface area (Å²) in [5, 5.41) is 13.6. The van der Waals surface area contributed by atoms with Crippen molar-refractivity contribution in [2.45, 2.75) is 92.0 Å². The Bertz CT molecular complexity index is 890. The van der Waals surface area contributed by atoms with Crippen LogP contribution in [0.1, 0.15) is 91.0 Å². The van der Waals surface area contributed by atoms with Crippen LogP contribution in [0.2, 0.25) is 0 Å². The highest BCUT2D eigenvalue weighted by Gasteiger charge is 2.58. The van der Waals surface area contributed by atoms with Gasteiger partial charge in [0, 0.05) is 12.7 Å². The Balaban J connectivity index is 1.35. The van der Waals surface area contributed by atoms with E-state index < -0.39 is 0 Å². The lowest BCUT2D eigenvalue weighted by Gasteiger charge is -2.57. The molecule has 2 unspecified atom stereocenters. The van der Waals surface area contributed by atoms with Gasteiger partial charge in [-0.2, -0.15) is 10.4 Å². The molecule has 5 rings (SSSR count). The molecule has 4 aliphatic rings. The van der Waals surface area contributed by atoms with E-state index in [4.69, 9.17) is 5.26 Å². The predicted molar refractivity (Wildman–Crippen MR) is 125 cm³/mol. The maximum atomic E-state index is 9.13. The van der Waals surface area contributed by atoms with Crippen LogP contribution >= 0.6 is 0 Å². The number of aromatic nitrogens is 2. The standard InChI is InChI=1S/C28H41N3/c1-19-5-6-22-7-8-23-25-10-9-24(20(2)17-31-18-21(15-29)16-30-31)28(25,4)14-12-26(23)27(22,3)13-11-19/h7,16,18-20,23-26H,5-6,8-14,17H2,1-4H3/t19-,20+,23+,24-,25?,26?,27+,28-/m1/s1. The summed E-state index contributed by atoms with van der Waals surface area (Å²) in [6.45, 7) is 11.1. The van der Waals surface area contributed by atoms with E-state index in [1.165, 1.54) is 57.8 Å². The van der Waals surface area contributed by atoms with Gasteiger partial charge >= 0.3 is 0 Å². The maximum Gasteiger partial charge on any atom is 0.102 e. The molecule has 3 fully saturated rings. The highest BCUT2D eigenvalue weighted by Crippen LogP contribution is 2.67. The number of nitrogens with zero attached hydrogens (tertiary/aromatic N) is 3. The molecule has 0 amide bonds. The average molecular weight is 420 g/mol. The van der Waals surface area contributed by atoms with E-state index in [1.54, 1.807) is 6.20 Å². The van der Waals surface area contributed by atoms with Crippen LogP contribution in [0.25, 0.3) is 0 Å². The van der Waals surface area contributed by atoms with Crippen molar-refractivity contribution in [2.75, 3.05) is 0 Å². The van der Waals surface area contributed by atoms with Gasteiger partial charge in [-0.05, 0) is 104 Å². The lowest BCUT2D eigenvalue weighted by molar-refractivity contribution is -0.0469. The summed E-state index contributed by atoms with van der Waals surface area (Å²) in [7, 11) is 0. The Morgan fingerprint density at radius 3 is 2.77 bits per heavy atom. The molecule has 1 aromatic rings. The normalized spacial score (nSPS) is 43.1. The first-order chi connectivity index (χ1) is 14.8. The average Bonchev–Trinajstić information content (AvgIpc) is 3.31. The maximum absolute atomic E-state index is 9.13. The Morgan fingerprint density at radius 1 is 1.16 bits per heavy atom. The minimum Gasteiger partial charge on any atom is -0.271 e. The summed E-state index contributed by atoms with van der Waals surface area (Å²) in [5.41, 5.74) is 3.46. The molecular formula is C28H41N3. The van der Waals surface area contributed by atoms with E-state index in [-0.39, 0.29) is 0 Å². The van der Waals surface area contributed by atoms with E-state index in [9.17, 15) is 0 Å². The number of hydrogen-bond acceptors (Lipinski definition) is 2. The molecule has 3 saturated carbocycles. The molecule has 0 N–H and O–H groups in total. The van der Waals surface area contributed by atoms with Crippen molar-refractivity contribution in [1.82, 2.24) is 9.78 Å². The molecule has 31 heavy (non-hydrogen) atoms. The fourth-order valence-corrected chi connectivity index (χ4v) is 8.90. The Morgan fingerprint density at radius 2 is 2.00 bits per heavy atom. The molecule has 0 radical (unpaired) electrons. The minimum atomic E-state index is 0.474. The highest BCUT2D eigenvalue weighted by molar-refractivity contribution is 5.24. The van der Waals surface area contributed by atoms with Crippen LogP contribution < -0.4 is 0 Å². The Labute approximate surface area is 189 Å². The molecule has 0 saturated heterocycles. The first-order valence-electron chi connectivity index (χ1n) is 13.0. The summed E-state index contributed by atoms with van der Waals surface area (Å²) in [4.78, 5) is 0. The van der Waals surface area contributed by atoms with Crippen molar-refractivity contribution >= 4 is 0 Å². The monoisotopic (exact) mass is 419 g/mol. The first kappa shape index (κ1) is 21.3. The van der Waals surface area contributed by atoms with E-state index in [2.05, 4.69) is 44.9 Å². The largest absolute Gasteiger partial charge is 0.271 e. The fourth-order valence-electron chi connectivity index (χ4n) is 8.90. The predicted octanol–water partition coefficient (Wildman–Crippen LogP) is 7.00. The quantitative estimate of drug-likeness (QED) is 0.495. The summed E-state index contributed by atoms with van der Waals surface area (Å²) < 4.78 is 2.01. The van der Waals surface area contributed by atoms with Crippen molar-refractivity contribution < 1.29 is 0 Å². The van der Waals surface area contributed by atoms with E-state index in [0.717, 1.165) is 36.1 Å². The second-order valence-corrected chi connectivity index (χ2v) is 12.2. The minimum absolute atomic E-state index is 0.474. The topological polar surface area (TPSA) is 41.6 Å². The summed E-state index contributed by atoms with van der Waals surface area (Å²) in [6, 6.07) is 2.22. The third-order valence-corrected chi connectivity index (χ3v) is 10.7. The lowest BCUT2D eigenvalue weighted by atomic mass is 9.48. The molecule has 0 aliphatic heterocycles. The molecule has 8 atom stereocenters. The third-order valence-electron chi connectivity index (χ3n) is 10.7. The molecule has 0 aromatic carbocycles. The van der Waals surface area contributed by atoms with Gasteiger partial charge in [-0.1, -0.05) is 39.3 Å². The SMILES string of the molecule is C[C@@H]1CCC2=CC[C@@H]3C(CC[C@@]4(C)C3CC[C@@H]4[C@@H](C)Cn3cc(C#N)cn3)[C@@]2(C)CC1. The van der Waals surface area contributed by atoms with Gasteiger partial charge in [0.15, 0.2) is 0 Å². The molecule has 1 aromatic heterocycles. The van der Waals surface area contributed by atoms with Gasteiger partial charge in [0.2, 0.25) is 0 Å². The van der Waals surface area contributed by atoms with E-state index in [1.807, 2.05) is 16.5 Å². The van der Waals surface area contributed by atoms with E-state index in [0.29, 0.717) is 22.3 Å². The van der Waals surface area contributed by atoms with Gasteiger partial charge in [0.05, 0.1) is 11.8 Å². The van der Waals surface area contributed by atoms with Gasteiger partial charge in [0.1, 0.15) is 6.07 Å². The van der Waals surface area contributed by atoms with Crippen LogP contribution in [0.3, 0.4) is 0 Å². The summed E-state index contributed by atoms with van der Waals surface area (Å²) >= 11 is 0. The number of rotatable bonds is 3. The van der Waals surface area contributed by atoms with Crippen molar-refractivity contribution in [1.29, 1.82) is 5.26 Å². The van der Waals surface area contributed by atoms with Crippen LogP contribution in [-0.4, -0.2) is 9.78 Å². The molecule has 3 heteroatoms. The Kier molecular flexibility index (Phi) is 5.35. The van der Waals surface area contributed by atoms with Crippen LogP contribution in [0.4, 0.5) is 0 Å². The van der Waals surface area contributed by atoms with Gasteiger partial charge in [-0.3, -0.25) is 4.68 Å². The number of nitriles is 1. The number of fused-ring (bicyclic) bond motifs is 5. The number of hydrogen-bond donors (Lipinski definition) is 0. The van der Waals surface area contributed by atoms with E-state index >= 15 is 0 Å². The van der Waals surface area contributed by atoms with Gasteiger partial charge in [-0.25, -0.2) is 0 Å². The second-order valence-electron chi connectivity index (χ2n) is 12.2. The van der Waals surface area contributed by atoms with Gasteiger partial charge in [0.25, 0.3) is 0 Å². The van der Waals surface area contributed by atoms with Crippen LogP contribution in [-0.2, 0) is 6.54 Å². The van der Waals surface area contributed by atoms with Crippen LogP contribution in [0.15, 0.2) is 24.0 Å².